The molecule has 4 heteroatoms. The second-order valence-corrected chi connectivity index (χ2v) is 1.20. The number of oxazole rings is 1. The number of nitrogens with two attached hydrogens (primary N) is 1. The number of carbonyl (C=O) groups is 1. The lowest BCUT2D eigenvalue weighted by molar-refractivity contribution is 0.0967. The molecule has 42 valence electrons. The summed E-state index contributed by atoms with van der Waals surface area (Å²) in [6.07, 6.45) is 2.65. The first-order valence-electron chi connectivity index (χ1n) is 2.00. The van der Waals surface area contributed by atoms with Gasteiger partial charge >= 0.3 is 5.91 Å². The van der Waals surface area contributed by atoms with Gasteiger partial charge in [0.1, 0.15) is 6.26 Å². The van der Waals surface area contributed by atoms with Crippen LogP contribution in [0.4, 0.5) is 0 Å². The molecule has 0 unspecified atom stereocenters. The molecule has 0 fully saturated rings. The van der Waals surface area contributed by atoms with Crippen molar-refractivity contribution in [1.82, 2.24) is 4.98 Å². The highest BCUT2D eigenvalue weighted by molar-refractivity contribution is 5.87. The van der Waals surface area contributed by atoms with E-state index >= 15 is 0 Å². The molecular weight excluding hydrogens is 108 g/mol. The van der Waals surface area contributed by atoms with Gasteiger partial charge in [-0.2, -0.15) is 0 Å². The molecule has 1 heterocycles. The Kier molecular flexibility index (Phi) is 0.997. The highest BCUT2D eigenvalue weighted by Gasteiger charge is 2.01. The zero-order valence-corrected chi connectivity index (χ0v) is 4.00. The molecule has 8 heavy (non-hydrogen) atoms. The second-order valence-electron chi connectivity index (χ2n) is 1.20. The number of hydrogen-bond acceptors (Lipinski definition) is 3. The van der Waals surface area contributed by atoms with Crippen LogP contribution in [-0.4, -0.2) is 10.9 Å². The van der Waals surface area contributed by atoms with Crippen LogP contribution >= 0.6 is 0 Å². The van der Waals surface area contributed by atoms with Crippen LogP contribution in [0.3, 0.4) is 0 Å². The molecule has 0 aliphatic carbocycles. The number of hydrogen-bond donors (Lipinski definition) is 1. The van der Waals surface area contributed by atoms with Crippen molar-refractivity contribution in [3.8, 4) is 0 Å². The first-order chi connectivity index (χ1) is 3.80. The van der Waals surface area contributed by atoms with E-state index in [1.807, 2.05) is 0 Å². The van der Waals surface area contributed by atoms with Crippen molar-refractivity contribution < 1.29 is 9.21 Å². The number of amides is 1. The van der Waals surface area contributed by atoms with E-state index in [2.05, 4.69) is 9.40 Å². The smallest absolute Gasteiger partial charge is 0.304 e. The summed E-state index contributed by atoms with van der Waals surface area (Å²) in [6, 6.07) is 0. The first kappa shape index (κ1) is 4.83. The zero-order valence-electron chi connectivity index (χ0n) is 4.00. The zero-order chi connectivity index (χ0) is 5.98. The Bertz CT molecular complexity index is 180. The molecule has 2 N–H and O–H groups in total. The van der Waals surface area contributed by atoms with Gasteiger partial charge in [-0.3, -0.25) is 4.79 Å². The monoisotopic (exact) mass is 112 g/mol. The van der Waals surface area contributed by atoms with Crippen LogP contribution in [0, 0.1) is 0 Å². The quantitative estimate of drug-likeness (QED) is 0.545. The highest BCUT2D eigenvalue weighted by Crippen LogP contribution is 1.89. The van der Waals surface area contributed by atoms with E-state index in [-0.39, 0.29) is 5.89 Å². The molecule has 0 radical (unpaired) electrons. The van der Waals surface area contributed by atoms with Gasteiger partial charge < -0.3 is 10.2 Å². The highest BCUT2D eigenvalue weighted by atomic mass is 16.3. The minimum absolute atomic E-state index is 0.0509. The molecule has 0 bridgehead atoms. The summed E-state index contributed by atoms with van der Waals surface area (Å²) >= 11 is 0. The van der Waals surface area contributed by atoms with Gasteiger partial charge in [0, 0.05) is 0 Å². The lowest BCUT2D eigenvalue weighted by Crippen LogP contribution is -2.10. The van der Waals surface area contributed by atoms with Crippen molar-refractivity contribution in [2.45, 2.75) is 0 Å². The van der Waals surface area contributed by atoms with Crippen molar-refractivity contribution in [3.05, 3.63) is 18.4 Å². The van der Waals surface area contributed by atoms with E-state index in [4.69, 9.17) is 5.73 Å². The summed E-state index contributed by atoms with van der Waals surface area (Å²) in [5.74, 6) is -0.694. The van der Waals surface area contributed by atoms with Crippen LogP contribution in [0.2, 0.25) is 0 Å². The van der Waals surface area contributed by atoms with Crippen molar-refractivity contribution in [3.63, 3.8) is 0 Å². The molecule has 0 aliphatic rings. The summed E-state index contributed by atoms with van der Waals surface area (Å²) in [7, 11) is 0. The van der Waals surface area contributed by atoms with E-state index in [9.17, 15) is 4.79 Å². The molecular formula is C4H4N2O2. The normalized spacial score (nSPS) is 9.00. The van der Waals surface area contributed by atoms with Gasteiger partial charge in [-0.25, -0.2) is 4.98 Å². The Hall–Kier alpha value is -1.32. The molecule has 0 aromatic carbocycles. The molecule has 0 spiro atoms. The van der Waals surface area contributed by atoms with Crippen molar-refractivity contribution in [1.29, 1.82) is 0 Å². The van der Waals surface area contributed by atoms with Gasteiger partial charge in [0.05, 0.1) is 6.20 Å². The average molecular weight is 112 g/mol. The fraction of sp³-hybridized carbons (Fsp3) is 0. The summed E-state index contributed by atoms with van der Waals surface area (Å²) < 4.78 is 4.51. The maximum Gasteiger partial charge on any atom is 0.304 e. The summed E-state index contributed by atoms with van der Waals surface area (Å²) in [6.45, 7) is 0. The maximum absolute atomic E-state index is 10.1. The van der Waals surface area contributed by atoms with Crippen LogP contribution in [0.15, 0.2) is 16.9 Å². The van der Waals surface area contributed by atoms with Crippen molar-refractivity contribution in [2.75, 3.05) is 0 Å². The van der Waals surface area contributed by atoms with Crippen LogP contribution in [0.1, 0.15) is 10.7 Å². The topological polar surface area (TPSA) is 69.1 Å². The third-order valence-electron chi connectivity index (χ3n) is 0.643. The van der Waals surface area contributed by atoms with Gasteiger partial charge in [-0.1, -0.05) is 0 Å². The largest absolute Gasteiger partial charge is 0.441 e. The molecule has 0 saturated carbocycles. The molecule has 0 saturated heterocycles. The number of nitrogens with zero attached hydrogens (tertiary/aromatic N) is 1. The summed E-state index contributed by atoms with van der Waals surface area (Å²) in [4.78, 5) is 13.6. The van der Waals surface area contributed by atoms with Crippen LogP contribution in [-0.2, 0) is 0 Å². The van der Waals surface area contributed by atoms with E-state index in [0.29, 0.717) is 0 Å². The fourth-order valence-corrected chi connectivity index (χ4v) is 0.345. The van der Waals surface area contributed by atoms with E-state index in [1.54, 1.807) is 0 Å². The SMILES string of the molecule is NC(=O)c1ncco1. The van der Waals surface area contributed by atoms with Gasteiger partial charge in [0.25, 0.3) is 5.89 Å². The minimum Gasteiger partial charge on any atom is -0.441 e. The molecule has 0 aliphatic heterocycles. The molecule has 0 atom stereocenters. The van der Waals surface area contributed by atoms with Crippen LogP contribution < -0.4 is 5.73 Å². The van der Waals surface area contributed by atoms with Crippen LogP contribution in [0.25, 0.3) is 0 Å². The molecule has 4 nitrogen and oxygen atoms in total. The fourth-order valence-electron chi connectivity index (χ4n) is 0.345. The average Bonchev–Trinajstić information content (AvgIpc) is 2.12. The van der Waals surface area contributed by atoms with Gasteiger partial charge in [-0.15, -0.1) is 0 Å². The van der Waals surface area contributed by atoms with Gasteiger partial charge in [-0.05, 0) is 0 Å². The maximum atomic E-state index is 10.1. The predicted octanol–water partition coefficient (Wildman–Crippen LogP) is -0.227. The Balaban J connectivity index is 2.93. The standard InChI is InChI=1S/C4H4N2O2/c5-3(7)4-6-1-2-8-4/h1-2H,(H2,5,7). The summed E-state index contributed by atoms with van der Waals surface area (Å²) in [5, 5.41) is 0. The molecule has 1 amide bonds. The van der Waals surface area contributed by atoms with E-state index < -0.39 is 5.91 Å². The molecule has 1 aromatic heterocycles. The number of rotatable bonds is 1. The Morgan fingerprint density at radius 2 is 2.62 bits per heavy atom. The van der Waals surface area contributed by atoms with Crippen molar-refractivity contribution >= 4 is 5.91 Å². The van der Waals surface area contributed by atoms with Crippen molar-refractivity contribution in [2.24, 2.45) is 5.73 Å². The third kappa shape index (κ3) is 0.676. The lowest BCUT2D eigenvalue weighted by atomic mass is 10.6. The third-order valence-corrected chi connectivity index (χ3v) is 0.643. The molecule has 1 aromatic rings. The lowest BCUT2D eigenvalue weighted by Gasteiger charge is -1.78. The Morgan fingerprint density at radius 3 is 2.88 bits per heavy atom. The van der Waals surface area contributed by atoms with Gasteiger partial charge in [0.15, 0.2) is 0 Å². The number of primary amides is 1. The van der Waals surface area contributed by atoms with Crippen LogP contribution in [0.5, 0.6) is 0 Å². The second kappa shape index (κ2) is 1.65. The van der Waals surface area contributed by atoms with E-state index in [0.717, 1.165) is 0 Å². The predicted molar refractivity (Wildman–Crippen MR) is 25.0 cm³/mol. The molecule has 1 rings (SSSR count). The summed E-state index contributed by atoms with van der Waals surface area (Å²) in [5.41, 5.74) is 4.76. The van der Waals surface area contributed by atoms with Gasteiger partial charge in [0.2, 0.25) is 0 Å². The number of carbonyl (C=O) groups excluding carboxylic acids is 1. The van der Waals surface area contributed by atoms with E-state index in [1.165, 1.54) is 12.5 Å². The number of aromatic nitrogens is 1. The first-order valence-corrected chi connectivity index (χ1v) is 2.00. The Morgan fingerprint density at radius 1 is 1.88 bits per heavy atom. The Labute approximate surface area is 45.3 Å². The minimum atomic E-state index is -0.644.